The molecular formula is C12H22O11. The summed E-state index contributed by atoms with van der Waals surface area (Å²) in [6.07, 6.45) is -18.4. The molecule has 10 atom stereocenters. The van der Waals surface area contributed by atoms with Crippen molar-refractivity contribution in [2.75, 3.05) is 13.2 Å². The standard InChI is InChI=1S/C12H22O11/c13-1-3-5(15)7(17)9(19)11(21-3)23-12-10(20)8(18)6(16)4(2-14)22-12/h3-20H,1-2H2/t3-,4?,5-,6-,7?,8+,9?,10?,11-,12-/m1/s1/i11D. The van der Waals surface area contributed by atoms with Crippen molar-refractivity contribution in [3.63, 3.8) is 0 Å². The van der Waals surface area contributed by atoms with Crippen LogP contribution in [-0.2, 0) is 14.2 Å². The molecule has 0 spiro atoms. The van der Waals surface area contributed by atoms with Crippen molar-refractivity contribution >= 4 is 0 Å². The van der Waals surface area contributed by atoms with Gasteiger partial charge in [-0.2, -0.15) is 0 Å². The molecule has 0 saturated carbocycles. The Morgan fingerprint density at radius 3 is 1.70 bits per heavy atom. The third-order valence-corrected chi connectivity index (χ3v) is 3.82. The van der Waals surface area contributed by atoms with E-state index in [0.717, 1.165) is 0 Å². The average Bonchev–Trinajstić information content (AvgIpc) is 2.57. The number of aliphatic hydroxyl groups is 8. The molecule has 136 valence electrons. The highest BCUT2D eigenvalue weighted by atomic mass is 16.8. The summed E-state index contributed by atoms with van der Waals surface area (Å²) < 4.78 is 22.9. The van der Waals surface area contributed by atoms with Crippen LogP contribution < -0.4 is 0 Å². The van der Waals surface area contributed by atoms with Gasteiger partial charge in [0.2, 0.25) is 0 Å². The van der Waals surface area contributed by atoms with E-state index in [0.29, 0.717) is 0 Å². The fourth-order valence-corrected chi connectivity index (χ4v) is 2.36. The third-order valence-electron chi connectivity index (χ3n) is 3.82. The van der Waals surface area contributed by atoms with Crippen molar-refractivity contribution in [1.29, 1.82) is 0 Å². The minimum absolute atomic E-state index is 0.736. The molecule has 2 aliphatic rings. The summed E-state index contributed by atoms with van der Waals surface area (Å²) in [5.41, 5.74) is 0. The van der Waals surface area contributed by atoms with E-state index in [2.05, 4.69) is 0 Å². The maximum Gasteiger partial charge on any atom is 0.189 e. The predicted molar refractivity (Wildman–Crippen MR) is 68.6 cm³/mol. The van der Waals surface area contributed by atoms with Gasteiger partial charge < -0.3 is 55.1 Å². The van der Waals surface area contributed by atoms with Gasteiger partial charge in [0, 0.05) is 0 Å². The van der Waals surface area contributed by atoms with Crippen LogP contribution in [0.2, 0.25) is 0 Å². The minimum Gasteiger partial charge on any atom is -0.394 e. The van der Waals surface area contributed by atoms with Crippen LogP contribution in [0.4, 0.5) is 0 Å². The zero-order chi connectivity index (χ0) is 18.2. The molecule has 0 radical (unpaired) electrons. The molecule has 0 amide bonds. The molecule has 2 saturated heterocycles. The second-order valence-electron chi connectivity index (χ2n) is 5.40. The molecule has 2 fully saturated rings. The van der Waals surface area contributed by atoms with Crippen LogP contribution >= 0.6 is 0 Å². The van der Waals surface area contributed by atoms with E-state index in [4.69, 9.17) is 25.8 Å². The van der Waals surface area contributed by atoms with Gasteiger partial charge in [-0.05, 0) is 0 Å². The predicted octanol–water partition coefficient (Wildman–Crippen LogP) is -5.40. The van der Waals surface area contributed by atoms with Crippen LogP contribution in [0.1, 0.15) is 1.37 Å². The maximum atomic E-state index is 9.91. The number of rotatable bonds is 4. The molecule has 2 rings (SSSR count). The molecule has 4 unspecified atom stereocenters. The lowest BCUT2D eigenvalue weighted by molar-refractivity contribution is -0.376. The van der Waals surface area contributed by atoms with E-state index >= 15 is 0 Å². The highest BCUT2D eigenvalue weighted by Gasteiger charge is 2.49. The molecule has 11 nitrogen and oxygen atoms in total. The number of hydrogen-bond donors (Lipinski definition) is 8. The van der Waals surface area contributed by atoms with E-state index in [1.54, 1.807) is 0 Å². The fourth-order valence-electron chi connectivity index (χ4n) is 2.36. The first-order chi connectivity index (χ1) is 11.2. The molecule has 11 heteroatoms. The monoisotopic (exact) mass is 343 g/mol. The van der Waals surface area contributed by atoms with Gasteiger partial charge in [-0.15, -0.1) is 0 Å². The Morgan fingerprint density at radius 2 is 1.17 bits per heavy atom. The van der Waals surface area contributed by atoms with Crippen molar-refractivity contribution < 1.29 is 56.4 Å². The van der Waals surface area contributed by atoms with Gasteiger partial charge in [0.05, 0.1) is 14.6 Å². The lowest BCUT2D eigenvalue weighted by Crippen LogP contribution is -2.63. The minimum atomic E-state index is -2.76. The van der Waals surface area contributed by atoms with Gasteiger partial charge in [0.25, 0.3) is 0 Å². The Labute approximate surface area is 132 Å². The topological polar surface area (TPSA) is 190 Å². The largest absolute Gasteiger partial charge is 0.394 e. The number of hydrogen-bond acceptors (Lipinski definition) is 11. The first kappa shape index (κ1) is 17.4. The van der Waals surface area contributed by atoms with Crippen LogP contribution in [0.5, 0.6) is 0 Å². The summed E-state index contributed by atoms with van der Waals surface area (Å²) in [6, 6.07) is 0. The zero-order valence-corrected chi connectivity index (χ0v) is 11.9. The molecular weight excluding hydrogens is 320 g/mol. The second-order valence-corrected chi connectivity index (χ2v) is 5.40. The Bertz CT molecular complexity index is 424. The molecule has 2 heterocycles. The third kappa shape index (κ3) is 3.65. The summed E-state index contributed by atoms with van der Waals surface area (Å²) in [7, 11) is 0. The Morgan fingerprint density at radius 1 is 0.696 bits per heavy atom. The zero-order valence-electron chi connectivity index (χ0n) is 12.9. The summed E-state index contributed by atoms with van der Waals surface area (Å²) in [6.45, 7) is -1.54. The lowest BCUT2D eigenvalue weighted by Gasteiger charge is -2.44. The van der Waals surface area contributed by atoms with E-state index in [9.17, 15) is 30.6 Å². The van der Waals surface area contributed by atoms with E-state index in [1.807, 2.05) is 0 Å². The van der Waals surface area contributed by atoms with Gasteiger partial charge in [0.1, 0.15) is 48.8 Å². The fraction of sp³-hybridized carbons (Fsp3) is 1.00. The van der Waals surface area contributed by atoms with Crippen molar-refractivity contribution in [3.8, 4) is 0 Å². The van der Waals surface area contributed by atoms with Gasteiger partial charge in [0.15, 0.2) is 12.6 Å². The molecule has 2 aliphatic heterocycles. The Kier molecular flexibility index (Phi) is 5.77. The number of aliphatic hydroxyl groups excluding tert-OH is 8. The van der Waals surface area contributed by atoms with Crippen molar-refractivity contribution in [2.45, 2.75) is 61.4 Å². The molecule has 23 heavy (non-hydrogen) atoms. The van der Waals surface area contributed by atoms with Crippen LogP contribution in [0, 0.1) is 0 Å². The Hall–Kier alpha value is -0.440. The lowest BCUT2D eigenvalue weighted by atomic mass is 9.98. The molecule has 8 N–H and O–H groups in total. The molecule has 0 aromatic carbocycles. The normalized spacial score (nSPS) is 55.5. The first-order valence-corrected chi connectivity index (χ1v) is 6.97. The van der Waals surface area contributed by atoms with E-state index < -0.39 is 74.6 Å². The summed E-state index contributed by atoms with van der Waals surface area (Å²) in [4.78, 5) is 0. The highest BCUT2D eigenvalue weighted by molar-refractivity contribution is 4.92. The molecule has 0 aliphatic carbocycles. The van der Waals surface area contributed by atoms with Crippen LogP contribution in [0.3, 0.4) is 0 Å². The molecule has 0 bridgehead atoms. The Balaban J connectivity index is 2.18. The SMILES string of the molecule is [2H][C@]1(O[C@H]2OC(CO)[C@@H](O)[C@H](O)C2O)O[C@H](CO)[C@@H](O)C(O)C1O. The van der Waals surface area contributed by atoms with Crippen LogP contribution in [-0.4, -0.2) is 115 Å². The van der Waals surface area contributed by atoms with Crippen molar-refractivity contribution in [1.82, 2.24) is 0 Å². The average molecular weight is 343 g/mol. The van der Waals surface area contributed by atoms with Gasteiger partial charge in [-0.1, -0.05) is 0 Å². The maximum absolute atomic E-state index is 9.91. The van der Waals surface area contributed by atoms with Gasteiger partial charge in [-0.3, -0.25) is 0 Å². The summed E-state index contributed by atoms with van der Waals surface area (Å²) in [5, 5.41) is 76.7. The van der Waals surface area contributed by atoms with Crippen molar-refractivity contribution in [2.24, 2.45) is 0 Å². The van der Waals surface area contributed by atoms with Crippen molar-refractivity contribution in [3.05, 3.63) is 0 Å². The molecule has 0 aromatic heterocycles. The second kappa shape index (κ2) is 7.63. The van der Waals surface area contributed by atoms with E-state index in [1.165, 1.54) is 0 Å². The van der Waals surface area contributed by atoms with Gasteiger partial charge in [-0.25, -0.2) is 0 Å². The highest BCUT2D eigenvalue weighted by Crippen LogP contribution is 2.27. The summed E-state index contributed by atoms with van der Waals surface area (Å²) in [5.74, 6) is 0. The molecule has 0 aromatic rings. The van der Waals surface area contributed by atoms with Crippen LogP contribution in [0.15, 0.2) is 0 Å². The first-order valence-electron chi connectivity index (χ1n) is 7.47. The number of ether oxygens (including phenoxy) is 3. The smallest absolute Gasteiger partial charge is 0.189 e. The van der Waals surface area contributed by atoms with Gasteiger partial charge >= 0.3 is 0 Å². The summed E-state index contributed by atoms with van der Waals surface area (Å²) >= 11 is 0. The quantitative estimate of drug-likeness (QED) is 0.243. The van der Waals surface area contributed by atoms with E-state index in [-0.39, 0.29) is 0 Å². The van der Waals surface area contributed by atoms with Crippen LogP contribution in [0.25, 0.3) is 0 Å².